The number of halogens is 1. The van der Waals surface area contributed by atoms with E-state index in [4.69, 9.17) is 9.72 Å². The van der Waals surface area contributed by atoms with Crippen LogP contribution >= 0.6 is 0 Å². The lowest BCUT2D eigenvalue weighted by molar-refractivity contribution is -0.0365. The Morgan fingerprint density at radius 1 is 1.16 bits per heavy atom. The summed E-state index contributed by atoms with van der Waals surface area (Å²) in [6.07, 6.45) is 6.87. The van der Waals surface area contributed by atoms with E-state index in [0.717, 1.165) is 65.5 Å². The summed E-state index contributed by atoms with van der Waals surface area (Å²) in [4.78, 5) is 11.3. The molecule has 0 bridgehead atoms. The molecule has 2 aliphatic heterocycles. The van der Waals surface area contributed by atoms with Gasteiger partial charge in [0, 0.05) is 25.1 Å². The normalized spacial score (nSPS) is 21.8. The zero-order chi connectivity index (χ0) is 21.8. The Hall–Kier alpha value is -3.04. The van der Waals surface area contributed by atoms with Crippen LogP contribution in [0.5, 0.6) is 0 Å². The molecule has 6 rings (SSSR count). The van der Waals surface area contributed by atoms with E-state index >= 15 is 0 Å². The van der Waals surface area contributed by atoms with Crippen LogP contribution in [0.15, 0.2) is 30.6 Å². The van der Waals surface area contributed by atoms with Crippen molar-refractivity contribution < 1.29 is 14.2 Å². The van der Waals surface area contributed by atoms with E-state index in [1.54, 1.807) is 18.3 Å². The van der Waals surface area contributed by atoms with Crippen molar-refractivity contribution in [2.24, 2.45) is 0 Å². The molecule has 3 aromatic heterocycles. The Bertz CT molecular complexity index is 1310. The van der Waals surface area contributed by atoms with Crippen LogP contribution in [-0.4, -0.2) is 55.2 Å². The Morgan fingerprint density at radius 2 is 2.06 bits per heavy atom. The molecule has 2 atom stereocenters. The van der Waals surface area contributed by atoms with E-state index in [0.29, 0.717) is 19.1 Å². The predicted octanol–water partition coefficient (Wildman–Crippen LogP) is 3.49. The Kier molecular flexibility index (Phi) is 4.62. The number of hydrogen-bond donors (Lipinski definition) is 1. The molecule has 0 spiro atoms. The van der Waals surface area contributed by atoms with Crippen molar-refractivity contribution in [3.63, 3.8) is 0 Å². The first kappa shape index (κ1) is 19.6. The van der Waals surface area contributed by atoms with Gasteiger partial charge >= 0.3 is 0 Å². The quantitative estimate of drug-likeness (QED) is 0.530. The van der Waals surface area contributed by atoms with Gasteiger partial charge in [0.25, 0.3) is 0 Å². The fourth-order valence-corrected chi connectivity index (χ4v) is 4.94. The summed E-state index contributed by atoms with van der Waals surface area (Å²) in [7, 11) is 0. The molecule has 5 heterocycles. The summed E-state index contributed by atoms with van der Waals surface area (Å²) in [6, 6.07) is 4.83. The molecule has 166 valence electrons. The summed E-state index contributed by atoms with van der Waals surface area (Å²) in [5.74, 6) is 0.331. The molecule has 2 aliphatic rings. The van der Waals surface area contributed by atoms with Crippen LogP contribution in [-0.2, 0) is 4.74 Å². The number of nitrogens with zero attached hydrogens (tertiary/aromatic N) is 6. The molecule has 0 aliphatic carbocycles. The van der Waals surface area contributed by atoms with Gasteiger partial charge in [0.2, 0.25) is 5.95 Å². The fourth-order valence-electron chi connectivity index (χ4n) is 4.94. The van der Waals surface area contributed by atoms with E-state index in [9.17, 15) is 9.50 Å². The van der Waals surface area contributed by atoms with Crippen LogP contribution in [0.25, 0.3) is 27.6 Å². The monoisotopic (exact) mass is 436 g/mol. The van der Waals surface area contributed by atoms with Gasteiger partial charge in [0.15, 0.2) is 6.23 Å². The van der Waals surface area contributed by atoms with Crippen LogP contribution < -0.4 is 4.90 Å². The van der Waals surface area contributed by atoms with Gasteiger partial charge in [-0.25, -0.2) is 19.0 Å². The van der Waals surface area contributed by atoms with Crippen LogP contribution in [0.2, 0.25) is 0 Å². The highest BCUT2D eigenvalue weighted by Crippen LogP contribution is 2.36. The zero-order valence-corrected chi connectivity index (χ0v) is 17.9. The standard InChI is InChI=1S/C23H25FN6O2/c1-14-19(11-25-23(27-14)28-8-7-16(31)13-28)29-18-6-5-15(24)10-17(18)22-20(29)12-26-30(22)21-4-2-3-9-32-21/h5-6,10-12,16,21,31H,2-4,7-9,13H2,1H3. The van der Waals surface area contributed by atoms with Crippen LogP contribution in [0.1, 0.15) is 37.6 Å². The average Bonchev–Trinajstić information content (AvgIpc) is 3.49. The van der Waals surface area contributed by atoms with E-state index in [2.05, 4.69) is 10.1 Å². The van der Waals surface area contributed by atoms with Gasteiger partial charge in [-0.15, -0.1) is 0 Å². The van der Waals surface area contributed by atoms with Crippen molar-refractivity contribution >= 4 is 27.9 Å². The van der Waals surface area contributed by atoms with Crippen molar-refractivity contribution in [1.29, 1.82) is 0 Å². The highest BCUT2D eigenvalue weighted by atomic mass is 19.1. The average molecular weight is 436 g/mol. The first-order valence-corrected chi connectivity index (χ1v) is 11.2. The number of β-amino-alcohol motifs (C(OH)–C–C–N with tert-alkyl or cyclic N) is 1. The van der Waals surface area contributed by atoms with Crippen molar-refractivity contribution in [1.82, 2.24) is 24.3 Å². The van der Waals surface area contributed by atoms with Crippen molar-refractivity contribution in [2.75, 3.05) is 24.6 Å². The molecular formula is C23H25FN6O2. The minimum Gasteiger partial charge on any atom is -0.391 e. The topological polar surface area (TPSA) is 81.2 Å². The number of aliphatic hydroxyl groups excluding tert-OH is 1. The van der Waals surface area contributed by atoms with Crippen LogP contribution in [0, 0.1) is 12.7 Å². The van der Waals surface area contributed by atoms with Gasteiger partial charge in [-0.05, 0) is 50.8 Å². The highest BCUT2D eigenvalue weighted by Gasteiger charge is 2.26. The number of benzene rings is 1. The number of aliphatic hydroxyl groups is 1. The van der Waals surface area contributed by atoms with E-state index in [1.807, 2.05) is 27.3 Å². The second-order valence-electron chi connectivity index (χ2n) is 8.67. The first-order chi connectivity index (χ1) is 15.6. The van der Waals surface area contributed by atoms with Gasteiger partial charge in [0.1, 0.15) is 5.82 Å². The smallest absolute Gasteiger partial charge is 0.225 e. The molecule has 0 amide bonds. The summed E-state index contributed by atoms with van der Waals surface area (Å²) in [5, 5.41) is 15.3. The Morgan fingerprint density at radius 3 is 2.81 bits per heavy atom. The molecule has 2 saturated heterocycles. The van der Waals surface area contributed by atoms with Crippen molar-refractivity contribution in [3.05, 3.63) is 42.1 Å². The molecule has 1 aromatic carbocycles. The Labute approximate surface area is 184 Å². The van der Waals surface area contributed by atoms with Gasteiger partial charge in [0.05, 0.1) is 46.4 Å². The van der Waals surface area contributed by atoms with Gasteiger partial charge < -0.3 is 19.3 Å². The second-order valence-corrected chi connectivity index (χ2v) is 8.67. The molecule has 0 radical (unpaired) electrons. The summed E-state index contributed by atoms with van der Waals surface area (Å²) in [5.41, 5.74) is 4.23. The maximum atomic E-state index is 14.3. The number of ether oxygens (including phenoxy) is 1. The molecule has 2 unspecified atom stereocenters. The third-order valence-electron chi connectivity index (χ3n) is 6.53. The fraction of sp³-hybridized carbons (Fsp3) is 0.435. The van der Waals surface area contributed by atoms with Crippen LogP contribution in [0.3, 0.4) is 0 Å². The number of aryl methyl sites for hydroxylation is 1. The maximum Gasteiger partial charge on any atom is 0.225 e. The van der Waals surface area contributed by atoms with Gasteiger partial charge in [-0.2, -0.15) is 5.10 Å². The lowest BCUT2D eigenvalue weighted by atomic mass is 10.2. The number of anilines is 1. The Balaban J connectivity index is 1.52. The summed E-state index contributed by atoms with van der Waals surface area (Å²) >= 11 is 0. The zero-order valence-electron chi connectivity index (χ0n) is 17.9. The first-order valence-electron chi connectivity index (χ1n) is 11.2. The van der Waals surface area contributed by atoms with E-state index < -0.39 is 0 Å². The van der Waals surface area contributed by atoms with Gasteiger partial charge in [-0.1, -0.05) is 0 Å². The third-order valence-corrected chi connectivity index (χ3v) is 6.53. The largest absolute Gasteiger partial charge is 0.391 e. The summed E-state index contributed by atoms with van der Waals surface area (Å²) < 4.78 is 24.2. The van der Waals surface area contributed by atoms with Crippen molar-refractivity contribution in [2.45, 2.75) is 44.9 Å². The van der Waals surface area contributed by atoms with E-state index in [1.165, 1.54) is 6.07 Å². The minimum atomic E-state index is -0.339. The lowest BCUT2D eigenvalue weighted by Crippen LogP contribution is -2.23. The molecule has 4 aromatic rings. The molecule has 8 nitrogen and oxygen atoms in total. The SMILES string of the molecule is Cc1nc(N2CCC(O)C2)ncc1-n1c2ccc(F)cc2c2c1cnn2C1CCCCO1. The molecule has 2 fully saturated rings. The molecule has 0 saturated carbocycles. The highest BCUT2D eigenvalue weighted by molar-refractivity contribution is 6.07. The number of fused-ring (bicyclic) bond motifs is 3. The molecular weight excluding hydrogens is 411 g/mol. The van der Waals surface area contributed by atoms with Crippen molar-refractivity contribution in [3.8, 4) is 5.69 Å². The number of rotatable bonds is 3. The predicted molar refractivity (Wildman–Crippen MR) is 119 cm³/mol. The maximum absolute atomic E-state index is 14.3. The molecule has 32 heavy (non-hydrogen) atoms. The molecule has 1 N–H and O–H groups in total. The second kappa shape index (κ2) is 7.53. The van der Waals surface area contributed by atoms with E-state index in [-0.39, 0.29) is 18.1 Å². The van der Waals surface area contributed by atoms with Gasteiger partial charge in [-0.3, -0.25) is 0 Å². The molecule has 9 heteroatoms. The minimum absolute atomic E-state index is 0.148. The van der Waals surface area contributed by atoms with Crippen LogP contribution in [0.4, 0.5) is 10.3 Å². The lowest BCUT2D eigenvalue weighted by Gasteiger charge is -2.23. The number of hydrogen-bond acceptors (Lipinski definition) is 6. The number of aromatic nitrogens is 5. The summed E-state index contributed by atoms with van der Waals surface area (Å²) in [6.45, 7) is 3.94. The third kappa shape index (κ3) is 3.07.